The predicted molar refractivity (Wildman–Crippen MR) is 99.8 cm³/mol. The molecule has 0 unspecified atom stereocenters. The minimum atomic E-state index is -1.08. The average Bonchev–Trinajstić information content (AvgIpc) is 3.10. The van der Waals surface area contributed by atoms with Crippen molar-refractivity contribution in [1.29, 1.82) is 0 Å². The van der Waals surface area contributed by atoms with Crippen LogP contribution in [0.3, 0.4) is 0 Å². The Hall–Kier alpha value is -2.16. The van der Waals surface area contributed by atoms with Gasteiger partial charge < -0.3 is 10.0 Å². The molecule has 1 N–H and O–H groups in total. The summed E-state index contributed by atoms with van der Waals surface area (Å²) < 4.78 is 0. The van der Waals surface area contributed by atoms with E-state index < -0.39 is 5.60 Å². The van der Waals surface area contributed by atoms with Gasteiger partial charge in [-0.1, -0.05) is 72.8 Å². The van der Waals surface area contributed by atoms with Crippen LogP contribution in [0.2, 0.25) is 0 Å². The van der Waals surface area contributed by atoms with E-state index in [1.165, 1.54) is 5.57 Å². The fourth-order valence-electron chi connectivity index (χ4n) is 3.38. The molecule has 0 radical (unpaired) electrons. The van der Waals surface area contributed by atoms with Gasteiger partial charge in [-0.2, -0.15) is 0 Å². The number of hydrogen-bond acceptors (Lipinski definition) is 2. The van der Waals surface area contributed by atoms with Crippen LogP contribution in [0, 0.1) is 0 Å². The van der Waals surface area contributed by atoms with Gasteiger partial charge in [-0.25, -0.2) is 0 Å². The molecular weight excluding hydrogens is 294 g/mol. The normalized spacial score (nSPS) is 14.7. The molecule has 0 bridgehead atoms. The summed E-state index contributed by atoms with van der Waals surface area (Å²) in [5, 5.41) is 11.9. The van der Waals surface area contributed by atoms with Gasteiger partial charge in [0.15, 0.2) is 0 Å². The van der Waals surface area contributed by atoms with E-state index in [9.17, 15) is 5.11 Å². The van der Waals surface area contributed by atoms with E-state index in [1.54, 1.807) is 0 Å². The van der Waals surface area contributed by atoms with Gasteiger partial charge in [0, 0.05) is 6.54 Å². The molecule has 1 aliphatic rings. The third kappa shape index (κ3) is 3.21. The molecule has 3 rings (SSSR count). The van der Waals surface area contributed by atoms with Crippen molar-refractivity contribution in [2.75, 3.05) is 20.6 Å². The molecule has 2 aromatic rings. The van der Waals surface area contributed by atoms with Crippen molar-refractivity contribution < 1.29 is 5.11 Å². The highest BCUT2D eigenvalue weighted by Gasteiger charge is 2.37. The molecule has 2 aromatic carbocycles. The van der Waals surface area contributed by atoms with E-state index in [0.717, 1.165) is 36.1 Å². The van der Waals surface area contributed by atoms with E-state index in [0.29, 0.717) is 0 Å². The van der Waals surface area contributed by atoms with Crippen LogP contribution in [0.5, 0.6) is 0 Å². The minimum Gasteiger partial charge on any atom is -0.376 e. The standard InChI is InChI=1S/C22H25NO/c1-23(2)17-16-18-10-9-15-21(18)22(24,19-11-5-3-6-12-19)20-13-7-4-8-14-20/h3-14,24H,15-17H2,1-2H3. The number of aliphatic hydroxyl groups is 1. The molecule has 0 fully saturated rings. The molecule has 0 spiro atoms. The maximum absolute atomic E-state index is 11.9. The van der Waals surface area contributed by atoms with Crippen LogP contribution >= 0.6 is 0 Å². The van der Waals surface area contributed by atoms with Crippen LogP contribution in [-0.2, 0) is 5.60 Å². The van der Waals surface area contributed by atoms with Gasteiger partial charge >= 0.3 is 0 Å². The Bertz CT molecular complexity index is 690. The minimum absolute atomic E-state index is 0.795. The number of benzene rings is 2. The molecule has 0 atom stereocenters. The topological polar surface area (TPSA) is 23.5 Å². The molecule has 1 aliphatic carbocycles. The number of rotatable bonds is 6. The quantitative estimate of drug-likeness (QED) is 0.865. The molecule has 0 heterocycles. The summed E-state index contributed by atoms with van der Waals surface area (Å²) >= 11 is 0. The monoisotopic (exact) mass is 319 g/mol. The molecule has 0 saturated carbocycles. The largest absolute Gasteiger partial charge is 0.376 e. The Morgan fingerprint density at radius 1 is 0.917 bits per heavy atom. The SMILES string of the molecule is CN(C)CCC1=C(C(O)(c2ccccc2)c2ccccc2)CC=C1. The maximum atomic E-state index is 11.9. The molecule has 0 aliphatic heterocycles. The summed E-state index contributed by atoms with van der Waals surface area (Å²) in [6.07, 6.45) is 6.08. The van der Waals surface area contributed by atoms with Gasteiger partial charge in [0.1, 0.15) is 5.60 Å². The highest BCUT2D eigenvalue weighted by atomic mass is 16.3. The maximum Gasteiger partial charge on any atom is 0.137 e. The van der Waals surface area contributed by atoms with Gasteiger partial charge in [-0.15, -0.1) is 0 Å². The van der Waals surface area contributed by atoms with Crippen LogP contribution in [-0.4, -0.2) is 30.6 Å². The first-order valence-corrected chi connectivity index (χ1v) is 8.49. The fraction of sp³-hybridized carbons (Fsp3) is 0.273. The number of allylic oxidation sites excluding steroid dienone is 2. The van der Waals surface area contributed by atoms with E-state index in [4.69, 9.17) is 0 Å². The van der Waals surface area contributed by atoms with E-state index in [-0.39, 0.29) is 0 Å². The van der Waals surface area contributed by atoms with Crippen LogP contribution in [0.25, 0.3) is 0 Å². The van der Waals surface area contributed by atoms with E-state index >= 15 is 0 Å². The third-order valence-corrected chi connectivity index (χ3v) is 4.68. The first kappa shape index (κ1) is 16.7. The summed E-state index contributed by atoms with van der Waals surface area (Å²) in [6, 6.07) is 20.0. The van der Waals surface area contributed by atoms with Crippen molar-refractivity contribution >= 4 is 0 Å². The zero-order valence-corrected chi connectivity index (χ0v) is 14.4. The third-order valence-electron chi connectivity index (χ3n) is 4.68. The van der Waals surface area contributed by atoms with Crippen molar-refractivity contribution in [3.05, 3.63) is 95.1 Å². The van der Waals surface area contributed by atoms with Gasteiger partial charge in [0.2, 0.25) is 0 Å². The van der Waals surface area contributed by atoms with E-state index in [1.807, 2.05) is 60.7 Å². The number of nitrogens with zero attached hydrogens (tertiary/aromatic N) is 1. The first-order valence-electron chi connectivity index (χ1n) is 8.49. The zero-order chi connectivity index (χ0) is 17.0. The highest BCUT2D eigenvalue weighted by Crippen LogP contribution is 2.42. The summed E-state index contributed by atoms with van der Waals surface area (Å²) in [5.41, 5.74) is 3.13. The summed E-state index contributed by atoms with van der Waals surface area (Å²) in [7, 11) is 4.17. The smallest absolute Gasteiger partial charge is 0.137 e. The molecule has 24 heavy (non-hydrogen) atoms. The Morgan fingerprint density at radius 3 is 1.96 bits per heavy atom. The lowest BCUT2D eigenvalue weighted by molar-refractivity contribution is 0.118. The van der Waals surface area contributed by atoms with Crippen molar-refractivity contribution in [2.24, 2.45) is 0 Å². The highest BCUT2D eigenvalue weighted by molar-refractivity contribution is 5.51. The second-order valence-electron chi connectivity index (χ2n) is 6.61. The van der Waals surface area contributed by atoms with Gasteiger partial charge in [0.25, 0.3) is 0 Å². The zero-order valence-electron chi connectivity index (χ0n) is 14.4. The Labute approximate surface area is 144 Å². The van der Waals surface area contributed by atoms with E-state index in [2.05, 4.69) is 31.1 Å². The number of hydrogen-bond donors (Lipinski definition) is 1. The van der Waals surface area contributed by atoms with Crippen LogP contribution in [0.4, 0.5) is 0 Å². The van der Waals surface area contributed by atoms with Gasteiger partial charge in [-0.05, 0) is 49.2 Å². The predicted octanol–water partition coefficient (Wildman–Crippen LogP) is 4.13. The lowest BCUT2D eigenvalue weighted by Gasteiger charge is -2.32. The molecular formula is C22H25NO. The Morgan fingerprint density at radius 2 is 1.46 bits per heavy atom. The molecule has 124 valence electrons. The molecule has 2 nitrogen and oxygen atoms in total. The summed E-state index contributed by atoms with van der Waals surface area (Å²) in [4.78, 5) is 2.18. The lowest BCUT2D eigenvalue weighted by Crippen LogP contribution is -2.30. The van der Waals surface area contributed by atoms with Crippen molar-refractivity contribution in [3.8, 4) is 0 Å². The van der Waals surface area contributed by atoms with Crippen molar-refractivity contribution in [3.63, 3.8) is 0 Å². The first-order chi connectivity index (χ1) is 11.6. The van der Waals surface area contributed by atoms with Gasteiger partial charge in [-0.3, -0.25) is 0 Å². The van der Waals surface area contributed by atoms with Crippen LogP contribution in [0.15, 0.2) is 84.0 Å². The van der Waals surface area contributed by atoms with Gasteiger partial charge in [0.05, 0.1) is 0 Å². The second kappa shape index (κ2) is 7.16. The van der Waals surface area contributed by atoms with Crippen molar-refractivity contribution in [1.82, 2.24) is 4.90 Å². The average molecular weight is 319 g/mol. The summed E-state index contributed by atoms with van der Waals surface area (Å²) in [6.45, 7) is 0.975. The summed E-state index contributed by atoms with van der Waals surface area (Å²) in [5.74, 6) is 0. The second-order valence-corrected chi connectivity index (χ2v) is 6.61. The molecule has 0 aromatic heterocycles. The Kier molecular flexibility index (Phi) is 4.98. The van der Waals surface area contributed by atoms with Crippen molar-refractivity contribution in [2.45, 2.75) is 18.4 Å². The Balaban J connectivity index is 2.10. The molecule has 0 amide bonds. The fourth-order valence-corrected chi connectivity index (χ4v) is 3.38. The van der Waals surface area contributed by atoms with Crippen LogP contribution in [0.1, 0.15) is 24.0 Å². The lowest BCUT2D eigenvalue weighted by atomic mass is 9.78. The van der Waals surface area contributed by atoms with Crippen LogP contribution < -0.4 is 0 Å². The molecule has 0 saturated heterocycles. The molecule has 2 heteroatoms.